The van der Waals surface area contributed by atoms with Crippen molar-refractivity contribution in [3.8, 4) is 0 Å². The molecular formula is C11H10N2O3. The Kier molecular flexibility index (Phi) is 2.76. The minimum absolute atomic E-state index is 0.307. The fourth-order valence-corrected chi connectivity index (χ4v) is 1.50. The van der Waals surface area contributed by atoms with Crippen LogP contribution in [0.5, 0.6) is 0 Å². The van der Waals surface area contributed by atoms with Gasteiger partial charge in [-0.3, -0.25) is 4.79 Å². The van der Waals surface area contributed by atoms with Crippen LogP contribution >= 0.6 is 0 Å². The molecule has 82 valence electrons. The first-order valence-corrected chi connectivity index (χ1v) is 4.93. The summed E-state index contributed by atoms with van der Waals surface area (Å²) in [6.07, 6.45) is 6.00. The maximum atomic E-state index is 11.4. The molecule has 0 bridgehead atoms. The van der Waals surface area contributed by atoms with Gasteiger partial charge in [0.2, 0.25) is 0 Å². The van der Waals surface area contributed by atoms with Gasteiger partial charge >= 0.3 is 5.97 Å². The van der Waals surface area contributed by atoms with Gasteiger partial charge in [0.15, 0.2) is 0 Å². The van der Waals surface area contributed by atoms with Crippen molar-refractivity contribution in [2.45, 2.75) is 6.92 Å². The molecule has 1 heterocycles. The number of esters is 1. The first-order valence-electron chi connectivity index (χ1n) is 4.93. The Morgan fingerprint density at radius 3 is 3.06 bits per heavy atom. The number of amides is 1. The molecule has 1 amide bonds. The number of hydrogen-bond acceptors (Lipinski definition) is 4. The molecule has 2 aliphatic rings. The smallest absolute Gasteiger partial charge is 0.337 e. The molecule has 5 heteroatoms. The highest BCUT2D eigenvalue weighted by atomic mass is 16.5. The number of rotatable bonds is 2. The van der Waals surface area contributed by atoms with Gasteiger partial charge in [-0.25, -0.2) is 14.8 Å². The van der Waals surface area contributed by atoms with Crippen LogP contribution in [0.3, 0.4) is 0 Å². The number of allylic oxidation sites excluding steroid dienone is 1. The normalized spacial score (nSPS) is 22.3. The van der Waals surface area contributed by atoms with Gasteiger partial charge in [-0.15, -0.1) is 0 Å². The van der Waals surface area contributed by atoms with E-state index in [9.17, 15) is 9.59 Å². The first-order chi connectivity index (χ1) is 7.72. The highest BCUT2D eigenvalue weighted by Gasteiger charge is 2.27. The van der Waals surface area contributed by atoms with E-state index in [-0.39, 0.29) is 5.91 Å². The Labute approximate surface area is 92.2 Å². The van der Waals surface area contributed by atoms with Crippen LogP contribution in [0.15, 0.2) is 33.8 Å². The fraction of sp³-hybridized carbons (Fsp3) is 0.273. The highest BCUT2D eigenvalue weighted by molar-refractivity contribution is 6.19. The number of nitrogens with zero attached hydrogens (tertiary/aromatic N) is 2. The summed E-state index contributed by atoms with van der Waals surface area (Å²) in [5.41, 5.74) is 0.976. The van der Waals surface area contributed by atoms with Crippen molar-refractivity contribution in [2.75, 3.05) is 6.61 Å². The lowest BCUT2D eigenvalue weighted by Gasteiger charge is -2.16. The van der Waals surface area contributed by atoms with E-state index in [1.807, 2.05) is 0 Å². The minimum atomic E-state index is -0.547. The molecule has 1 unspecified atom stereocenters. The van der Waals surface area contributed by atoms with Crippen LogP contribution in [0, 0.1) is 5.92 Å². The van der Waals surface area contributed by atoms with Crippen molar-refractivity contribution in [1.82, 2.24) is 0 Å². The lowest BCUT2D eigenvalue weighted by atomic mass is 9.93. The van der Waals surface area contributed by atoms with Crippen molar-refractivity contribution in [1.29, 1.82) is 0 Å². The molecule has 0 radical (unpaired) electrons. The number of ether oxygens (including phenoxy) is 1. The quantitative estimate of drug-likeness (QED) is 0.640. The van der Waals surface area contributed by atoms with E-state index >= 15 is 0 Å². The van der Waals surface area contributed by atoms with E-state index in [0.29, 0.717) is 17.9 Å². The second kappa shape index (κ2) is 4.22. The maximum Gasteiger partial charge on any atom is 0.337 e. The Bertz CT molecular complexity index is 458. The predicted molar refractivity (Wildman–Crippen MR) is 58.3 cm³/mol. The third kappa shape index (κ3) is 1.84. The number of fused-ring (bicyclic) bond motifs is 1. The lowest BCUT2D eigenvalue weighted by molar-refractivity contribution is -0.138. The highest BCUT2D eigenvalue weighted by Crippen LogP contribution is 2.19. The molecule has 0 aromatic rings. The van der Waals surface area contributed by atoms with E-state index in [0.717, 1.165) is 0 Å². The topological polar surface area (TPSA) is 68.1 Å². The molecule has 1 atom stereocenters. The average Bonchev–Trinajstić information content (AvgIpc) is 2.29. The van der Waals surface area contributed by atoms with Crippen molar-refractivity contribution >= 4 is 23.9 Å². The third-order valence-electron chi connectivity index (χ3n) is 2.27. The third-order valence-corrected chi connectivity index (χ3v) is 2.27. The fourth-order valence-electron chi connectivity index (χ4n) is 1.50. The van der Waals surface area contributed by atoms with E-state index in [1.54, 1.807) is 19.1 Å². The van der Waals surface area contributed by atoms with Crippen molar-refractivity contribution in [2.24, 2.45) is 15.9 Å². The molecule has 1 aliphatic heterocycles. The summed E-state index contributed by atoms with van der Waals surface area (Å²) >= 11 is 0. The standard InChI is InChI=1S/C11H10N2O3/c1-2-16-11(15)7-3-4-9-8(5-7)10(14)13-6-12-9/h3-6,8H,2H2,1H3. The van der Waals surface area contributed by atoms with E-state index in [1.165, 1.54) is 12.4 Å². The summed E-state index contributed by atoms with van der Waals surface area (Å²) in [6.45, 7) is 2.04. The van der Waals surface area contributed by atoms with Gasteiger partial charge in [0.1, 0.15) is 12.3 Å². The molecular weight excluding hydrogens is 208 g/mol. The van der Waals surface area contributed by atoms with Gasteiger partial charge in [0.05, 0.1) is 17.9 Å². The predicted octanol–water partition coefficient (Wildman–Crippen LogP) is 0.671. The monoisotopic (exact) mass is 218 g/mol. The SMILES string of the molecule is CCOC(=O)C1=CC2C(=O)N=CN=C2C=C1. The maximum absolute atomic E-state index is 11.4. The van der Waals surface area contributed by atoms with Crippen LogP contribution < -0.4 is 0 Å². The van der Waals surface area contributed by atoms with Crippen LogP contribution in [0.25, 0.3) is 0 Å². The zero-order chi connectivity index (χ0) is 11.5. The Balaban J connectivity index is 2.25. The Morgan fingerprint density at radius 2 is 2.31 bits per heavy atom. The lowest BCUT2D eigenvalue weighted by Crippen LogP contribution is -2.26. The van der Waals surface area contributed by atoms with Gasteiger partial charge in [0, 0.05) is 0 Å². The molecule has 0 aromatic carbocycles. The van der Waals surface area contributed by atoms with Gasteiger partial charge < -0.3 is 4.74 Å². The molecule has 0 aromatic heterocycles. The number of aliphatic imine (C=N–C) groups is 2. The summed E-state index contributed by atoms with van der Waals surface area (Å²) < 4.78 is 4.85. The summed E-state index contributed by atoms with van der Waals surface area (Å²) in [5, 5.41) is 0. The zero-order valence-corrected chi connectivity index (χ0v) is 8.71. The molecule has 16 heavy (non-hydrogen) atoms. The van der Waals surface area contributed by atoms with E-state index in [2.05, 4.69) is 9.98 Å². The van der Waals surface area contributed by atoms with Crippen LogP contribution in [-0.2, 0) is 14.3 Å². The minimum Gasteiger partial charge on any atom is -0.462 e. The van der Waals surface area contributed by atoms with Crippen LogP contribution in [-0.4, -0.2) is 30.5 Å². The van der Waals surface area contributed by atoms with Crippen molar-refractivity contribution in [3.63, 3.8) is 0 Å². The molecule has 5 nitrogen and oxygen atoms in total. The van der Waals surface area contributed by atoms with Gasteiger partial charge in [-0.05, 0) is 19.1 Å². The van der Waals surface area contributed by atoms with Crippen molar-refractivity contribution in [3.05, 3.63) is 23.8 Å². The van der Waals surface area contributed by atoms with E-state index in [4.69, 9.17) is 4.74 Å². The molecule has 1 aliphatic carbocycles. The van der Waals surface area contributed by atoms with Crippen molar-refractivity contribution < 1.29 is 14.3 Å². The molecule has 0 fully saturated rings. The van der Waals surface area contributed by atoms with Crippen LogP contribution in [0.4, 0.5) is 0 Å². The zero-order valence-electron chi connectivity index (χ0n) is 8.71. The number of hydrogen-bond donors (Lipinski definition) is 0. The van der Waals surface area contributed by atoms with E-state index < -0.39 is 11.9 Å². The molecule has 0 spiro atoms. The second-order valence-electron chi connectivity index (χ2n) is 3.29. The van der Waals surface area contributed by atoms with Crippen LogP contribution in [0.1, 0.15) is 6.92 Å². The Hall–Kier alpha value is -2.04. The average molecular weight is 218 g/mol. The summed E-state index contributed by atoms with van der Waals surface area (Å²) in [7, 11) is 0. The second-order valence-corrected chi connectivity index (χ2v) is 3.29. The number of carbonyl (C=O) groups is 2. The molecule has 2 rings (SSSR count). The largest absolute Gasteiger partial charge is 0.462 e. The number of carbonyl (C=O) groups excluding carboxylic acids is 2. The van der Waals surface area contributed by atoms with Gasteiger partial charge in [-0.2, -0.15) is 0 Å². The molecule has 0 N–H and O–H groups in total. The molecule has 0 saturated carbocycles. The van der Waals surface area contributed by atoms with Crippen LogP contribution in [0.2, 0.25) is 0 Å². The summed E-state index contributed by atoms with van der Waals surface area (Å²) in [6, 6.07) is 0. The molecule has 0 saturated heterocycles. The first kappa shape index (κ1) is 10.5. The Morgan fingerprint density at radius 1 is 1.50 bits per heavy atom. The van der Waals surface area contributed by atoms with Gasteiger partial charge in [-0.1, -0.05) is 6.08 Å². The summed E-state index contributed by atoms with van der Waals surface area (Å²) in [4.78, 5) is 30.4. The summed E-state index contributed by atoms with van der Waals surface area (Å²) in [5.74, 6) is -1.29. The van der Waals surface area contributed by atoms with Gasteiger partial charge in [0.25, 0.3) is 5.91 Å².